The standard InChI is InChI=1S/C38H35F11N6O2/c1-18-23(39)8-6-19-4-2-5-22(27(18)19)30-29(40)31-28-25(51-30)10-11-26-24-9-7-20(50-24)15-55(26)32(28)53-33(52-31)56-17-34-12-3-13-54(34)16-21(14-34)57-35(36(41,42)43,37(44,45)46)38(47,48)49/h2,4-6,8,20-21,24,26,50H,3,7,9-17H2,1H3/t20-,21-,24+,26-,34-/m1/s1. The van der Waals surface area contributed by atoms with Gasteiger partial charge in [0.25, 0.3) is 0 Å². The van der Waals surface area contributed by atoms with Crippen LogP contribution in [0.1, 0.15) is 49.8 Å². The number of alkyl halides is 9. The van der Waals surface area contributed by atoms with Gasteiger partial charge in [0.15, 0.2) is 5.82 Å². The van der Waals surface area contributed by atoms with Crippen LogP contribution in [-0.4, -0.2) is 100.0 Å². The molecule has 2 aromatic heterocycles. The molecule has 2 aromatic carbocycles. The number of halogens is 11. The minimum absolute atomic E-state index is 0.0721. The summed E-state index contributed by atoms with van der Waals surface area (Å²) >= 11 is 0. The normalized spacial score (nSPS) is 26.6. The Morgan fingerprint density at radius 1 is 0.877 bits per heavy atom. The molecule has 9 rings (SSSR count). The lowest BCUT2D eigenvalue weighted by atomic mass is 9.93. The number of benzene rings is 2. The quantitative estimate of drug-likeness (QED) is 0.196. The van der Waals surface area contributed by atoms with Crippen molar-refractivity contribution in [1.29, 1.82) is 0 Å². The Morgan fingerprint density at radius 2 is 1.63 bits per heavy atom. The number of aryl methyl sites for hydroxylation is 2. The van der Waals surface area contributed by atoms with Crippen molar-refractivity contribution in [2.75, 3.05) is 31.1 Å². The Balaban J connectivity index is 1.12. The molecular formula is C38H35F11N6O2. The number of nitrogens with zero attached hydrogens (tertiary/aromatic N) is 5. The molecule has 0 aliphatic carbocycles. The van der Waals surface area contributed by atoms with Crippen LogP contribution >= 0.6 is 0 Å². The summed E-state index contributed by atoms with van der Waals surface area (Å²) in [6.07, 6.45) is -19.9. The lowest BCUT2D eigenvalue weighted by Crippen LogP contribution is -2.68. The Hall–Kier alpha value is -4.10. The van der Waals surface area contributed by atoms with E-state index in [1.165, 1.54) is 11.0 Å². The number of nitrogens with one attached hydrogen (secondary N) is 1. The maximum atomic E-state index is 17.2. The van der Waals surface area contributed by atoms with Crippen LogP contribution in [-0.2, 0) is 11.2 Å². The predicted molar refractivity (Wildman–Crippen MR) is 184 cm³/mol. The van der Waals surface area contributed by atoms with Gasteiger partial charge < -0.3 is 19.7 Å². The highest BCUT2D eigenvalue weighted by molar-refractivity contribution is 6.01. The minimum Gasteiger partial charge on any atom is -0.461 e. The number of fused-ring (bicyclic) bond motifs is 7. The number of anilines is 1. The molecule has 0 radical (unpaired) electrons. The third-order valence-corrected chi connectivity index (χ3v) is 12.6. The molecule has 57 heavy (non-hydrogen) atoms. The first-order valence-electron chi connectivity index (χ1n) is 18.7. The summed E-state index contributed by atoms with van der Waals surface area (Å²) in [5, 5.41) is 5.10. The second-order valence-corrected chi connectivity index (χ2v) is 15.8. The Morgan fingerprint density at radius 3 is 2.37 bits per heavy atom. The van der Waals surface area contributed by atoms with Crippen molar-refractivity contribution in [3.63, 3.8) is 0 Å². The van der Waals surface area contributed by atoms with Gasteiger partial charge in [-0.2, -0.15) is 49.5 Å². The molecule has 0 amide bonds. The summed E-state index contributed by atoms with van der Waals surface area (Å²) in [7, 11) is 0. The number of piperazine rings is 1. The molecule has 8 nitrogen and oxygen atoms in total. The fraction of sp³-hybridized carbons (Fsp3) is 0.553. The van der Waals surface area contributed by atoms with Gasteiger partial charge in [-0.25, -0.2) is 13.8 Å². The average Bonchev–Trinajstić information content (AvgIpc) is 3.78. The second kappa shape index (κ2) is 12.9. The van der Waals surface area contributed by atoms with Crippen LogP contribution in [0.15, 0.2) is 30.3 Å². The highest BCUT2D eigenvalue weighted by Gasteiger charge is 2.86. The van der Waals surface area contributed by atoms with Crippen LogP contribution in [0, 0.1) is 18.6 Å². The first-order valence-corrected chi connectivity index (χ1v) is 18.7. The summed E-state index contributed by atoms with van der Waals surface area (Å²) in [6.45, 7) is 1.15. The van der Waals surface area contributed by atoms with E-state index in [9.17, 15) is 43.9 Å². The maximum Gasteiger partial charge on any atom is 0.435 e. The van der Waals surface area contributed by atoms with Crippen molar-refractivity contribution in [3.05, 3.63) is 53.2 Å². The SMILES string of the molecule is Cc1c(F)ccc2cccc(-c3nc4c5c(nc(OC[C@]67CCCN6C[C@H](OC(C(F)(F)F)(C(F)(F)F)C(F)(F)F)C7)nc5c3F)N3C[C@H]5CC[C@H](N5)[C@H]3CC4)c12. The van der Waals surface area contributed by atoms with E-state index in [2.05, 4.69) is 19.9 Å². The number of aromatic nitrogens is 3. The van der Waals surface area contributed by atoms with E-state index in [-0.39, 0.29) is 48.3 Å². The summed E-state index contributed by atoms with van der Waals surface area (Å²) in [5.74, 6) is -0.981. The average molecular weight is 817 g/mol. The van der Waals surface area contributed by atoms with Gasteiger partial charge in [0.05, 0.1) is 22.7 Å². The fourth-order valence-electron chi connectivity index (χ4n) is 10.0. The predicted octanol–water partition coefficient (Wildman–Crippen LogP) is 8.12. The molecular weight excluding hydrogens is 781 g/mol. The van der Waals surface area contributed by atoms with Crippen molar-refractivity contribution in [1.82, 2.24) is 25.2 Å². The van der Waals surface area contributed by atoms with Crippen molar-refractivity contribution in [2.45, 2.75) is 106 Å². The van der Waals surface area contributed by atoms with Crippen molar-refractivity contribution in [2.24, 2.45) is 0 Å². The molecule has 0 unspecified atom stereocenters. The highest BCUT2D eigenvalue weighted by Crippen LogP contribution is 2.57. The monoisotopic (exact) mass is 816 g/mol. The molecule has 2 bridgehead atoms. The molecule has 7 heterocycles. The van der Waals surface area contributed by atoms with E-state index in [1.807, 2.05) is 0 Å². The van der Waals surface area contributed by atoms with Crippen LogP contribution in [0.3, 0.4) is 0 Å². The summed E-state index contributed by atoms with van der Waals surface area (Å²) < 4.78 is 167. The third-order valence-electron chi connectivity index (χ3n) is 12.6. The first kappa shape index (κ1) is 38.4. The third kappa shape index (κ3) is 5.83. The van der Waals surface area contributed by atoms with Crippen molar-refractivity contribution >= 4 is 27.5 Å². The van der Waals surface area contributed by atoms with Gasteiger partial charge in [-0.1, -0.05) is 24.3 Å². The maximum absolute atomic E-state index is 17.2. The van der Waals surface area contributed by atoms with Crippen LogP contribution in [0.25, 0.3) is 32.9 Å². The summed E-state index contributed by atoms with van der Waals surface area (Å²) in [5.41, 5.74) is -6.83. The van der Waals surface area contributed by atoms with Crippen LogP contribution < -0.4 is 15.0 Å². The first-order chi connectivity index (χ1) is 26.8. The number of hydrogen-bond donors (Lipinski definition) is 1. The molecule has 4 fully saturated rings. The Labute approximate surface area is 317 Å². The van der Waals surface area contributed by atoms with Gasteiger partial charge >= 0.3 is 30.1 Å². The molecule has 4 saturated heterocycles. The molecule has 19 heteroatoms. The van der Waals surface area contributed by atoms with E-state index in [1.54, 1.807) is 31.2 Å². The number of ether oxygens (including phenoxy) is 2. The number of hydrogen-bond acceptors (Lipinski definition) is 8. The van der Waals surface area contributed by atoms with E-state index >= 15 is 4.39 Å². The smallest absolute Gasteiger partial charge is 0.435 e. The van der Waals surface area contributed by atoms with Crippen LogP contribution in [0.4, 0.5) is 54.1 Å². The molecule has 5 atom stereocenters. The number of pyridine rings is 1. The van der Waals surface area contributed by atoms with Gasteiger partial charge in [0.2, 0.25) is 0 Å². The minimum atomic E-state index is -6.87. The molecule has 4 aromatic rings. The van der Waals surface area contributed by atoms with Gasteiger partial charge in [0, 0.05) is 36.8 Å². The zero-order valence-electron chi connectivity index (χ0n) is 30.2. The molecule has 1 N–H and O–H groups in total. The summed E-state index contributed by atoms with van der Waals surface area (Å²) in [4.78, 5) is 17.6. The van der Waals surface area contributed by atoms with Crippen LogP contribution in [0.2, 0.25) is 0 Å². The van der Waals surface area contributed by atoms with E-state index in [0.29, 0.717) is 64.6 Å². The van der Waals surface area contributed by atoms with Gasteiger partial charge in [-0.3, -0.25) is 4.90 Å². The largest absolute Gasteiger partial charge is 0.461 e. The zero-order valence-corrected chi connectivity index (χ0v) is 30.2. The zero-order chi connectivity index (χ0) is 40.4. The molecule has 5 aliphatic rings. The second-order valence-electron chi connectivity index (χ2n) is 15.8. The Bertz CT molecular complexity index is 2230. The summed E-state index contributed by atoms with van der Waals surface area (Å²) in [6, 6.07) is 7.82. The molecule has 5 aliphatic heterocycles. The van der Waals surface area contributed by atoms with E-state index < -0.39 is 67.0 Å². The topological polar surface area (TPSA) is 75.6 Å². The van der Waals surface area contributed by atoms with E-state index in [0.717, 1.165) is 12.8 Å². The van der Waals surface area contributed by atoms with Crippen molar-refractivity contribution in [3.8, 4) is 17.3 Å². The fourth-order valence-corrected chi connectivity index (χ4v) is 10.0. The lowest BCUT2D eigenvalue weighted by Gasteiger charge is -2.41. The van der Waals surface area contributed by atoms with Crippen molar-refractivity contribution < 1.29 is 57.8 Å². The lowest BCUT2D eigenvalue weighted by molar-refractivity contribution is -0.463. The molecule has 0 saturated carbocycles. The number of rotatable bonds is 6. The van der Waals surface area contributed by atoms with Gasteiger partial charge in [-0.05, 0) is 80.8 Å². The van der Waals surface area contributed by atoms with Crippen LogP contribution in [0.5, 0.6) is 6.01 Å². The van der Waals surface area contributed by atoms with E-state index in [4.69, 9.17) is 14.7 Å². The van der Waals surface area contributed by atoms with Gasteiger partial charge in [-0.15, -0.1) is 0 Å². The molecule has 306 valence electrons. The molecule has 0 spiro atoms. The Kier molecular flexibility index (Phi) is 8.73. The highest BCUT2D eigenvalue weighted by atomic mass is 19.4. The van der Waals surface area contributed by atoms with Gasteiger partial charge in [0.1, 0.15) is 29.5 Å².